The molecule has 0 spiro atoms. The summed E-state index contributed by atoms with van der Waals surface area (Å²) >= 11 is 0. The smallest absolute Gasteiger partial charge is 0.338 e. The van der Waals surface area contributed by atoms with E-state index in [-0.39, 0.29) is 12.2 Å². The summed E-state index contributed by atoms with van der Waals surface area (Å²) in [6, 6.07) is 13.6. The highest BCUT2D eigenvalue weighted by Gasteiger charge is 2.14. The number of ether oxygens (including phenoxy) is 3. The minimum Gasteiger partial charge on any atom is -0.493 e. The van der Waals surface area contributed by atoms with E-state index in [2.05, 4.69) is 5.32 Å². The fraction of sp³-hybridized carbons (Fsp3) is 0.222. The molecule has 2 rings (SSSR count). The van der Waals surface area contributed by atoms with Gasteiger partial charge in [0.2, 0.25) is 0 Å². The van der Waals surface area contributed by atoms with Gasteiger partial charge in [0, 0.05) is 5.69 Å². The zero-order chi connectivity index (χ0) is 17.4. The number of anilines is 1. The van der Waals surface area contributed by atoms with Gasteiger partial charge in [0.25, 0.3) is 5.91 Å². The first-order valence-corrected chi connectivity index (χ1v) is 7.47. The third-order valence-electron chi connectivity index (χ3n) is 3.09. The molecule has 2 aromatic carbocycles. The number of benzene rings is 2. The van der Waals surface area contributed by atoms with Crippen molar-refractivity contribution < 1.29 is 23.8 Å². The van der Waals surface area contributed by atoms with Gasteiger partial charge in [-0.05, 0) is 37.3 Å². The summed E-state index contributed by atoms with van der Waals surface area (Å²) in [5.74, 6) is -0.0505. The normalized spacial score (nSPS) is 9.92. The van der Waals surface area contributed by atoms with Crippen LogP contribution in [0.5, 0.6) is 11.5 Å². The van der Waals surface area contributed by atoms with Crippen molar-refractivity contribution in [2.45, 2.75) is 6.92 Å². The fourth-order valence-corrected chi connectivity index (χ4v) is 2.00. The van der Waals surface area contributed by atoms with E-state index in [0.717, 1.165) is 0 Å². The third kappa shape index (κ3) is 4.74. The van der Waals surface area contributed by atoms with Crippen LogP contribution in [0.1, 0.15) is 17.3 Å². The Morgan fingerprint density at radius 1 is 1.04 bits per heavy atom. The lowest BCUT2D eigenvalue weighted by Gasteiger charge is -2.11. The Morgan fingerprint density at radius 3 is 2.46 bits per heavy atom. The number of rotatable bonds is 7. The quantitative estimate of drug-likeness (QED) is 0.791. The number of carbonyl (C=O) groups is 2. The topological polar surface area (TPSA) is 73.9 Å². The Balaban J connectivity index is 1.93. The van der Waals surface area contributed by atoms with Crippen LogP contribution in [0, 0.1) is 0 Å². The molecule has 0 radical (unpaired) electrons. The minimum absolute atomic E-state index is 0.280. The van der Waals surface area contributed by atoms with E-state index >= 15 is 0 Å². The second kappa shape index (κ2) is 8.57. The summed E-state index contributed by atoms with van der Waals surface area (Å²) in [6.07, 6.45) is 0. The number of hydrogen-bond donors (Lipinski definition) is 1. The largest absolute Gasteiger partial charge is 0.493 e. The molecule has 0 aliphatic carbocycles. The highest BCUT2D eigenvalue weighted by atomic mass is 16.5. The Morgan fingerprint density at radius 2 is 1.79 bits per heavy atom. The summed E-state index contributed by atoms with van der Waals surface area (Å²) in [6.45, 7) is 1.97. The number of para-hydroxylation sites is 1. The number of nitrogens with one attached hydrogen (secondary N) is 1. The molecule has 0 unspecified atom stereocenters. The van der Waals surface area contributed by atoms with Crippen molar-refractivity contribution in [3.05, 3.63) is 54.1 Å². The van der Waals surface area contributed by atoms with Crippen LogP contribution in [0.3, 0.4) is 0 Å². The van der Waals surface area contributed by atoms with Crippen LogP contribution in [0.15, 0.2) is 48.5 Å². The van der Waals surface area contributed by atoms with E-state index in [1.807, 2.05) is 13.0 Å². The highest BCUT2D eigenvalue weighted by Crippen LogP contribution is 2.28. The van der Waals surface area contributed by atoms with Gasteiger partial charge in [-0.1, -0.05) is 18.2 Å². The number of amides is 1. The van der Waals surface area contributed by atoms with E-state index in [0.29, 0.717) is 23.8 Å². The summed E-state index contributed by atoms with van der Waals surface area (Å²) in [4.78, 5) is 23.8. The average Bonchev–Trinajstić information content (AvgIpc) is 2.61. The Kier molecular flexibility index (Phi) is 6.19. The van der Waals surface area contributed by atoms with Crippen LogP contribution in [0.25, 0.3) is 0 Å². The maximum absolute atomic E-state index is 12.0. The monoisotopic (exact) mass is 329 g/mol. The molecule has 0 fully saturated rings. The molecule has 0 saturated carbocycles. The maximum Gasteiger partial charge on any atom is 0.338 e. The lowest BCUT2D eigenvalue weighted by Crippen LogP contribution is -2.20. The molecular formula is C18H19NO5. The van der Waals surface area contributed by atoms with Gasteiger partial charge in [-0.3, -0.25) is 4.79 Å². The lowest BCUT2D eigenvalue weighted by molar-refractivity contribution is -0.119. The van der Waals surface area contributed by atoms with E-state index in [9.17, 15) is 9.59 Å². The zero-order valence-corrected chi connectivity index (χ0v) is 13.6. The zero-order valence-electron chi connectivity index (χ0n) is 13.6. The first-order valence-electron chi connectivity index (χ1n) is 7.47. The van der Waals surface area contributed by atoms with Crippen LogP contribution in [0.4, 0.5) is 5.69 Å². The highest BCUT2D eigenvalue weighted by molar-refractivity contribution is 5.95. The van der Waals surface area contributed by atoms with Gasteiger partial charge < -0.3 is 19.5 Å². The fourth-order valence-electron chi connectivity index (χ4n) is 2.00. The van der Waals surface area contributed by atoms with Gasteiger partial charge in [0.15, 0.2) is 18.1 Å². The number of methoxy groups -OCH3 is 1. The molecule has 24 heavy (non-hydrogen) atoms. The number of carbonyl (C=O) groups excluding carboxylic acids is 2. The van der Waals surface area contributed by atoms with Crippen LogP contribution in [-0.2, 0) is 9.53 Å². The Bertz CT molecular complexity index is 700. The Hall–Kier alpha value is -3.02. The predicted octanol–water partition coefficient (Wildman–Crippen LogP) is 2.89. The second-order valence-electron chi connectivity index (χ2n) is 4.79. The van der Waals surface area contributed by atoms with Crippen LogP contribution in [-0.4, -0.2) is 32.2 Å². The van der Waals surface area contributed by atoms with Crippen molar-refractivity contribution in [3.8, 4) is 11.5 Å². The minimum atomic E-state index is -0.612. The Labute approximate surface area is 140 Å². The maximum atomic E-state index is 12.0. The molecule has 2 aromatic rings. The van der Waals surface area contributed by atoms with Crippen molar-refractivity contribution in [2.75, 3.05) is 25.6 Å². The first-order chi connectivity index (χ1) is 11.6. The van der Waals surface area contributed by atoms with Gasteiger partial charge in [-0.15, -0.1) is 0 Å². The lowest BCUT2D eigenvalue weighted by atomic mass is 10.2. The van der Waals surface area contributed by atoms with Crippen molar-refractivity contribution in [2.24, 2.45) is 0 Å². The van der Waals surface area contributed by atoms with E-state index in [4.69, 9.17) is 14.2 Å². The summed E-state index contributed by atoms with van der Waals surface area (Å²) in [5.41, 5.74) is 0.920. The molecule has 0 aliphatic rings. The molecule has 0 aliphatic heterocycles. The van der Waals surface area contributed by atoms with Crippen LogP contribution >= 0.6 is 0 Å². The predicted molar refractivity (Wildman–Crippen MR) is 89.5 cm³/mol. The van der Waals surface area contributed by atoms with Crippen LogP contribution < -0.4 is 14.8 Å². The SMILES string of the molecule is CCOc1ccc(C(=O)OCC(=O)Nc2ccccc2)cc1OC. The molecule has 1 N–H and O–H groups in total. The molecule has 1 amide bonds. The van der Waals surface area contributed by atoms with Crippen molar-refractivity contribution >= 4 is 17.6 Å². The van der Waals surface area contributed by atoms with Gasteiger partial charge in [0.05, 0.1) is 19.3 Å². The number of hydrogen-bond acceptors (Lipinski definition) is 5. The molecule has 0 bridgehead atoms. The molecule has 6 heteroatoms. The summed E-state index contributed by atoms with van der Waals surface area (Å²) in [5, 5.41) is 2.64. The van der Waals surface area contributed by atoms with Crippen molar-refractivity contribution in [3.63, 3.8) is 0 Å². The standard InChI is InChI=1S/C18H19NO5/c1-3-23-15-10-9-13(11-16(15)22-2)18(21)24-12-17(20)19-14-7-5-4-6-8-14/h4-11H,3,12H2,1-2H3,(H,19,20). The molecular weight excluding hydrogens is 310 g/mol. The van der Waals surface area contributed by atoms with Crippen molar-refractivity contribution in [1.29, 1.82) is 0 Å². The van der Waals surface area contributed by atoms with E-state index in [1.165, 1.54) is 13.2 Å². The van der Waals surface area contributed by atoms with Gasteiger partial charge in [-0.25, -0.2) is 4.79 Å². The molecule has 126 valence electrons. The van der Waals surface area contributed by atoms with E-state index in [1.54, 1.807) is 36.4 Å². The van der Waals surface area contributed by atoms with Gasteiger partial charge >= 0.3 is 5.97 Å². The molecule has 0 saturated heterocycles. The third-order valence-corrected chi connectivity index (χ3v) is 3.09. The summed E-state index contributed by atoms with van der Waals surface area (Å²) in [7, 11) is 1.49. The summed E-state index contributed by atoms with van der Waals surface area (Å²) < 4.78 is 15.6. The molecule has 0 aromatic heterocycles. The first kappa shape index (κ1) is 17.3. The number of esters is 1. The van der Waals surface area contributed by atoms with Crippen molar-refractivity contribution in [1.82, 2.24) is 0 Å². The molecule has 0 heterocycles. The van der Waals surface area contributed by atoms with E-state index < -0.39 is 11.9 Å². The van der Waals surface area contributed by atoms with Gasteiger partial charge in [-0.2, -0.15) is 0 Å². The second-order valence-corrected chi connectivity index (χ2v) is 4.79. The average molecular weight is 329 g/mol. The molecule has 6 nitrogen and oxygen atoms in total. The van der Waals surface area contributed by atoms with Crippen LogP contribution in [0.2, 0.25) is 0 Å². The molecule has 0 atom stereocenters. The van der Waals surface area contributed by atoms with Gasteiger partial charge in [0.1, 0.15) is 0 Å².